The van der Waals surface area contributed by atoms with Crippen molar-refractivity contribution in [1.82, 2.24) is 0 Å². The average Bonchev–Trinajstić information content (AvgIpc) is 2.36. The summed E-state index contributed by atoms with van der Waals surface area (Å²) in [6.45, 7) is -2.94. The molecule has 0 fully saturated rings. The molecule has 1 aromatic carbocycles. The van der Waals surface area contributed by atoms with Gasteiger partial charge in [-0.15, -0.1) is 0 Å². The number of thiocarbonyl (C=S) groups is 1. The maximum Gasteiger partial charge on any atom is 0.387 e. The summed E-state index contributed by atoms with van der Waals surface area (Å²) < 4.78 is 33.5. The Morgan fingerprint density at radius 2 is 2.16 bits per heavy atom. The number of methoxy groups -OCH3 is 1. The van der Waals surface area contributed by atoms with Crippen molar-refractivity contribution in [3.05, 3.63) is 29.3 Å². The van der Waals surface area contributed by atoms with Crippen LogP contribution in [0.1, 0.15) is 5.56 Å². The van der Waals surface area contributed by atoms with Gasteiger partial charge in [0.2, 0.25) is 0 Å². The van der Waals surface area contributed by atoms with E-state index in [2.05, 4.69) is 4.74 Å². The highest BCUT2D eigenvalue weighted by atomic mass is 32.1. The second-order valence-electron chi connectivity index (χ2n) is 3.32. The minimum Gasteiger partial charge on any atom is -0.493 e. The SMILES string of the molecule is COc1cc(/C=C(/C#N)C(N)=S)ccc1OC(F)F. The zero-order valence-corrected chi connectivity index (χ0v) is 10.7. The van der Waals surface area contributed by atoms with E-state index >= 15 is 0 Å². The Morgan fingerprint density at radius 3 is 2.63 bits per heavy atom. The van der Waals surface area contributed by atoms with Crippen LogP contribution < -0.4 is 15.2 Å². The van der Waals surface area contributed by atoms with E-state index in [0.29, 0.717) is 5.56 Å². The molecule has 2 N–H and O–H groups in total. The molecule has 0 aliphatic heterocycles. The number of rotatable bonds is 5. The molecule has 0 aliphatic rings. The maximum absolute atomic E-state index is 12.1. The van der Waals surface area contributed by atoms with Gasteiger partial charge in [-0.05, 0) is 23.8 Å². The van der Waals surface area contributed by atoms with E-state index in [0.717, 1.165) is 0 Å². The predicted octanol–water partition coefficient (Wildman–Crippen LogP) is 2.49. The van der Waals surface area contributed by atoms with Gasteiger partial charge in [0.15, 0.2) is 11.5 Å². The molecule has 4 nitrogen and oxygen atoms in total. The first-order valence-corrected chi connectivity index (χ1v) is 5.43. The monoisotopic (exact) mass is 284 g/mol. The molecule has 0 spiro atoms. The summed E-state index contributed by atoms with van der Waals surface area (Å²) in [6.07, 6.45) is 1.43. The summed E-state index contributed by atoms with van der Waals surface area (Å²) in [4.78, 5) is -0.0469. The van der Waals surface area contributed by atoms with Gasteiger partial charge in [-0.25, -0.2) is 0 Å². The quantitative estimate of drug-likeness (QED) is 0.511. The Balaban J connectivity index is 3.14. The number of nitriles is 1. The van der Waals surface area contributed by atoms with Crippen molar-refractivity contribution in [1.29, 1.82) is 5.26 Å². The third-order valence-corrected chi connectivity index (χ3v) is 2.32. The highest BCUT2D eigenvalue weighted by Crippen LogP contribution is 2.30. The van der Waals surface area contributed by atoms with Crippen molar-refractivity contribution < 1.29 is 18.3 Å². The summed E-state index contributed by atoms with van der Waals surface area (Å²) in [6, 6.07) is 6.07. The molecule has 0 atom stereocenters. The summed E-state index contributed by atoms with van der Waals surface area (Å²) in [5.41, 5.74) is 5.99. The predicted molar refractivity (Wildman–Crippen MR) is 70.0 cm³/mol. The first kappa shape index (κ1) is 14.9. The van der Waals surface area contributed by atoms with Crippen LogP contribution in [-0.2, 0) is 0 Å². The summed E-state index contributed by atoms with van der Waals surface area (Å²) in [7, 11) is 1.32. The van der Waals surface area contributed by atoms with Crippen LogP contribution in [0.2, 0.25) is 0 Å². The van der Waals surface area contributed by atoms with Crippen molar-refractivity contribution in [2.75, 3.05) is 7.11 Å². The van der Waals surface area contributed by atoms with Crippen LogP contribution in [-0.4, -0.2) is 18.7 Å². The van der Waals surface area contributed by atoms with Gasteiger partial charge in [0.05, 0.1) is 12.7 Å². The normalized spacial score (nSPS) is 11.0. The molecule has 1 aromatic rings. The summed E-state index contributed by atoms with van der Waals surface area (Å²) in [5.74, 6) is 0.0257. The van der Waals surface area contributed by atoms with Crippen LogP contribution in [0.3, 0.4) is 0 Å². The second-order valence-corrected chi connectivity index (χ2v) is 3.76. The largest absolute Gasteiger partial charge is 0.493 e. The Bertz CT molecular complexity index is 553. The van der Waals surface area contributed by atoms with E-state index in [4.69, 9.17) is 28.0 Å². The van der Waals surface area contributed by atoms with Crippen LogP contribution in [0, 0.1) is 11.3 Å². The van der Waals surface area contributed by atoms with Gasteiger partial charge in [0.1, 0.15) is 11.1 Å². The van der Waals surface area contributed by atoms with Crippen LogP contribution in [0.4, 0.5) is 8.78 Å². The molecule has 0 saturated carbocycles. The van der Waals surface area contributed by atoms with Crippen molar-refractivity contribution in [3.63, 3.8) is 0 Å². The number of hydrogen-bond acceptors (Lipinski definition) is 4. The average molecular weight is 284 g/mol. The van der Waals surface area contributed by atoms with Crippen molar-refractivity contribution in [2.45, 2.75) is 6.61 Å². The molecule has 0 radical (unpaired) electrons. The molecule has 0 bridgehead atoms. The summed E-state index contributed by atoms with van der Waals surface area (Å²) >= 11 is 4.69. The lowest BCUT2D eigenvalue weighted by Crippen LogP contribution is -2.09. The zero-order valence-electron chi connectivity index (χ0n) is 9.89. The molecule has 7 heteroatoms. The minimum atomic E-state index is -2.94. The topological polar surface area (TPSA) is 68.3 Å². The molecule has 0 heterocycles. The summed E-state index contributed by atoms with van der Waals surface area (Å²) in [5, 5.41) is 8.82. The van der Waals surface area contributed by atoms with Crippen molar-refractivity contribution in [3.8, 4) is 17.6 Å². The van der Waals surface area contributed by atoms with Crippen molar-refractivity contribution >= 4 is 23.3 Å². The van der Waals surface area contributed by atoms with Gasteiger partial charge in [-0.3, -0.25) is 0 Å². The lowest BCUT2D eigenvalue weighted by atomic mass is 10.1. The number of ether oxygens (including phenoxy) is 2. The fourth-order valence-electron chi connectivity index (χ4n) is 1.29. The maximum atomic E-state index is 12.1. The lowest BCUT2D eigenvalue weighted by molar-refractivity contribution is -0.0512. The van der Waals surface area contributed by atoms with E-state index in [1.54, 1.807) is 0 Å². The molecule has 0 unspecified atom stereocenters. The Hall–Kier alpha value is -2.20. The number of halogens is 2. The fourth-order valence-corrected chi connectivity index (χ4v) is 1.40. The first-order chi connectivity index (χ1) is 8.97. The molecule has 0 saturated heterocycles. The Morgan fingerprint density at radius 1 is 1.47 bits per heavy atom. The Labute approximate surface area is 114 Å². The smallest absolute Gasteiger partial charge is 0.387 e. The van der Waals surface area contributed by atoms with Gasteiger partial charge in [-0.2, -0.15) is 14.0 Å². The van der Waals surface area contributed by atoms with E-state index in [9.17, 15) is 8.78 Å². The molecule has 100 valence electrons. The molecular weight excluding hydrogens is 274 g/mol. The second kappa shape index (κ2) is 6.66. The van der Waals surface area contributed by atoms with Gasteiger partial charge in [0.25, 0.3) is 0 Å². The molecule has 0 aliphatic carbocycles. The van der Waals surface area contributed by atoms with E-state index in [1.165, 1.54) is 31.4 Å². The number of nitrogens with zero attached hydrogens (tertiary/aromatic N) is 1. The molecule has 0 aromatic heterocycles. The number of benzene rings is 1. The molecule has 1 rings (SSSR count). The fraction of sp³-hybridized carbons (Fsp3) is 0.167. The van der Waals surface area contributed by atoms with Crippen LogP contribution >= 0.6 is 12.2 Å². The third-order valence-electron chi connectivity index (χ3n) is 2.10. The van der Waals surface area contributed by atoms with Crippen LogP contribution in [0.15, 0.2) is 23.8 Å². The highest BCUT2D eigenvalue weighted by molar-refractivity contribution is 7.80. The third kappa shape index (κ3) is 4.19. The zero-order chi connectivity index (χ0) is 14.4. The van der Waals surface area contributed by atoms with E-state index < -0.39 is 6.61 Å². The Kier molecular flexibility index (Phi) is 5.21. The van der Waals surface area contributed by atoms with Crippen molar-refractivity contribution in [2.24, 2.45) is 5.73 Å². The molecular formula is C12H10F2N2O2S. The highest BCUT2D eigenvalue weighted by Gasteiger charge is 2.11. The number of alkyl halides is 2. The number of nitrogens with two attached hydrogens (primary N) is 1. The standard InChI is InChI=1S/C12H10F2N2O2S/c1-17-10-5-7(4-8(6-15)11(16)19)2-3-9(10)18-12(13)14/h2-5,12H,1H3,(H2,16,19)/b8-4-. The first-order valence-electron chi connectivity index (χ1n) is 5.02. The minimum absolute atomic E-state index is 0.0469. The van der Waals surface area contributed by atoms with Gasteiger partial charge < -0.3 is 15.2 Å². The lowest BCUT2D eigenvalue weighted by Gasteiger charge is -2.10. The van der Waals surface area contributed by atoms with E-state index in [-0.39, 0.29) is 22.1 Å². The van der Waals surface area contributed by atoms with Gasteiger partial charge in [0, 0.05) is 0 Å². The van der Waals surface area contributed by atoms with Gasteiger partial charge in [-0.1, -0.05) is 18.3 Å². The number of hydrogen-bond donors (Lipinski definition) is 1. The molecule has 0 amide bonds. The van der Waals surface area contributed by atoms with Crippen LogP contribution in [0.5, 0.6) is 11.5 Å². The van der Waals surface area contributed by atoms with E-state index in [1.807, 2.05) is 6.07 Å². The molecule has 19 heavy (non-hydrogen) atoms. The van der Waals surface area contributed by atoms with Crippen LogP contribution in [0.25, 0.3) is 6.08 Å². The van der Waals surface area contributed by atoms with Gasteiger partial charge >= 0.3 is 6.61 Å².